The topological polar surface area (TPSA) is 51.8 Å². The number of rotatable bonds is 2. The van der Waals surface area contributed by atoms with Gasteiger partial charge >= 0.3 is 0 Å². The predicted octanol–water partition coefficient (Wildman–Crippen LogP) is 3.14. The minimum Gasteiger partial charge on any atom is -0.389 e. The van der Waals surface area contributed by atoms with Crippen LogP contribution in [0.15, 0.2) is 24.4 Å². The molecule has 0 saturated carbocycles. The van der Waals surface area contributed by atoms with Crippen molar-refractivity contribution in [3.05, 3.63) is 35.0 Å². The van der Waals surface area contributed by atoms with E-state index in [1.807, 2.05) is 18.2 Å². The van der Waals surface area contributed by atoms with Gasteiger partial charge in [-0.15, -0.1) is 11.3 Å². The van der Waals surface area contributed by atoms with Crippen molar-refractivity contribution >= 4 is 28.5 Å². The van der Waals surface area contributed by atoms with Crippen LogP contribution in [0.25, 0.3) is 10.7 Å². The summed E-state index contributed by atoms with van der Waals surface area (Å²) in [6, 6.07) is 5.77. The highest BCUT2D eigenvalue weighted by atomic mass is 32.1. The molecule has 2 aromatic rings. The van der Waals surface area contributed by atoms with Crippen LogP contribution in [-0.4, -0.2) is 15.0 Å². The van der Waals surface area contributed by atoms with Gasteiger partial charge in [0.2, 0.25) is 0 Å². The first-order chi connectivity index (χ1) is 8.39. The van der Waals surface area contributed by atoms with Crippen molar-refractivity contribution in [2.24, 2.45) is 5.73 Å². The molecule has 2 aromatic heterocycles. The minimum absolute atomic E-state index is 0.0811. The Morgan fingerprint density at radius 1 is 1.33 bits per heavy atom. The van der Waals surface area contributed by atoms with Crippen LogP contribution in [0.2, 0.25) is 0 Å². The zero-order valence-electron chi connectivity index (χ0n) is 10.6. The lowest BCUT2D eigenvalue weighted by atomic mass is 9.91. The smallest absolute Gasteiger partial charge is 0.142 e. The first kappa shape index (κ1) is 13.1. The van der Waals surface area contributed by atoms with Crippen molar-refractivity contribution in [2.45, 2.75) is 26.2 Å². The summed E-state index contributed by atoms with van der Waals surface area (Å²) < 4.78 is 0. The molecule has 94 valence electrons. The minimum atomic E-state index is -0.0811. The second-order valence-electron chi connectivity index (χ2n) is 5.03. The number of thiocarbonyl (C=S) groups is 1. The predicted molar refractivity (Wildman–Crippen MR) is 79.9 cm³/mol. The van der Waals surface area contributed by atoms with Crippen molar-refractivity contribution in [1.82, 2.24) is 9.97 Å². The molecule has 0 unspecified atom stereocenters. The highest BCUT2D eigenvalue weighted by molar-refractivity contribution is 7.81. The van der Waals surface area contributed by atoms with E-state index in [-0.39, 0.29) is 5.41 Å². The normalized spacial score (nSPS) is 11.5. The van der Waals surface area contributed by atoms with E-state index < -0.39 is 0 Å². The number of thiazole rings is 1. The molecule has 18 heavy (non-hydrogen) atoms. The van der Waals surface area contributed by atoms with Gasteiger partial charge in [-0.2, -0.15) is 0 Å². The average molecular weight is 277 g/mol. The van der Waals surface area contributed by atoms with Crippen LogP contribution in [0.3, 0.4) is 0 Å². The molecule has 0 spiro atoms. The van der Waals surface area contributed by atoms with Gasteiger partial charge < -0.3 is 5.73 Å². The van der Waals surface area contributed by atoms with Crippen molar-refractivity contribution in [2.75, 3.05) is 0 Å². The van der Waals surface area contributed by atoms with Crippen molar-refractivity contribution in [3.8, 4) is 10.7 Å². The van der Waals surface area contributed by atoms with E-state index in [4.69, 9.17) is 18.0 Å². The monoisotopic (exact) mass is 277 g/mol. The summed E-state index contributed by atoms with van der Waals surface area (Å²) in [7, 11) is 0. The van der Waals surface area contributed by atoms with E-state index in [0.717, 1.165) is 21.3 Å². The van der Waals surface area contributed by atoms with Crippen LogP contribution in [0, 0.1) is 0 Å². The number of aromatic nitrogens is 2. The SMILES string of the molecule is CC(C)(C)c1nc(-c2ccccn2)sc1C(N)=S. The van der Waals surface area contributed by atoms with Crippen molar-refractivity contribution < 1.29 is 0 Å². The molecule has 0 aliphatic rings. The average Bonchev–Trinajstić information content (AvgIpc) is 2.74. The molecule has 0 radical (unpaired) electrons. The van der Waals surface area contributed by atoms with Crippen LogP contribution in [-0.2, 0) is 5.41 Å². The summed E-state index contributed by atoms with van der Waals surface area (Å²) in [6.45, 7) is 6.31. The molecule has 0 aromatic carbocycles. The third kappa shape index (κ3) is 2.57. The molecule has 2 rings (SSSR count). The lowest BCUT2D eigenvalue weighted by Gasteiger charge is -2.16. The van der Waals surface area contributed by atoms with Gasteiger partial charge in [0.25, 0.3) is 0 Å². The Morgan fingerprint density at radius 2 is 2.06 bits per heavy atom. The second-order valence-corrected chi connectivity index (χ2v) is 6.46. The molecular weight excluding hydrogens is 262 g/mol. The van der Waals surface area contributed by atoms with Gasteiger partial charge in [0.1, 0.15) is 10.00 Å². The summed E-state index contributed by atoms with van der Waals surface area (Å²) >= 11 is 6.62. The molecule has 0 bridgehead atoms. The number of nitrogens with zero attached hydrogens (tertiary/aromatic N) is 2. The number of hydrogen-bond donors (Lipinski definition) is 1. The second kappa shape index (κ2) is 4.74. The fourth-order valence-corrected chi connectivity index (χ4v) is 2.92. The number of pyridine rings is 1. The van der Waals surface area contributed by atoms with Gasteiger partial charge in [-0.3, -0.25) is 4.98 Å². The zero-order chi connectivity index (χ0) is 13.3. The van der Waals surface area contributed by atoms with Crippen LogP contribution in [0.5, 0.6) is 0 Å². The summed E-state index contributed by atoms with van der Waals surface area (Å²) in [5, 5.41) is 0.864. The first-order valence-corrected chi connectivity index (χ1v) is 6.84. The molecule has 0 saturated heterocycles. The summed E-state index contributed by atoms with van der Waals surface area (Å²) in [5.41, 5.74) is 7.51. The maximum Gasteiger partial charge on any atom is 0.142 e. The maximum absolute atomic E-state index is 5.78. The van der Waals surface area contributed by atoms with Crippen molar-refractivity contribution in [3.63, 3.8) is 0 Å². The third-order valence-corrected chi connectivity index (χ3v) is 3.89. The van der Waals surface area contributed by atoms with E-state index in [9.17, 15) is 0 Å². The Labute approximate surface area is 116 Å². The molecule has 2 heterocycles. The fourth-order valence-electron chi connectivity index (χ4n) is 1.59. The lowest BCUT2D eigenvalue weighted by molar-refractivity contribution is 0.572. The van der Waals surface area contributed by atoms with E-state index in [1.165, 1.54) is 11.3 Å². The van der Waals surface area contributed by atoms with Gasteiger partial charge in [0.15, 0.2) is 0 Å². The Hall–Kier alpha value is -1.33. The molecule has 0 aliphatic heterocycles. The molecule has 0 aliphatic carbocycles. The van der Waals surface area contributed by atoms with E-state index in [2.05, 4.69) is 30.7 Å². The molecule has 2 N–H and O–H groups in total. The summed E-state index contributed by atoms with van der Waals surface area (Å²) in [6.07, 6.45) is 1.76. The standard InChI is InChI=1S/C13H15N3S2/c1-13(2,3)10-9(11(14)17)18-12(16-10)8-6-4-5-7-15-8/h4-7H,1-3H3,(H2,14,17). The molecule has 0 atom stereocenters. The third-order valence-electron chi connectivity index (χ3n) is 2.45. The Morgan fingerprint density at radius 3 is 2.50 bits per heavy atom. The van der Waals surface area contributed by atoms with Crippen LogP contribution < -0.4 is 5.73 Å². The van der Waals surface area contributed by atoms with Gasteiger partial charge in [-0.25, -0.2) is 4.98 Å². The van der Waals surface area contributed by atoms with Crippen molar-refractivity contribution in [1.29, 1.82) is 0 Å². The number of hydrogen-bond acceptors (Lipinski definition) is 4. The molecular formula is C13H15N3S2. The quantitative estimate of drug-likeness (QED) is 0.857. The maximum atomic E-state index is 5.78. The molecule has 3 nitrogen and oxygen atoms in total. The van der Waals surface area contributed by atoms with E-state index in [0.29, 0.717) is 4.99 Å². The van der Waals surface area contributed by atoms with Gasteiger partial charge in [-0.05, 0) is 12.1 Å². The zero-order valence-corrected chi connectivity index (χ0v) is 12.2. The van der Waals surface area contributed by atoms with E-state index >= 15 is 0 Å². The summed E-state index contributed by atoms with van der Waals surface area (Å²) in [5.74, 6) is 0. The van der Waals surface area contributed by atoms with Crippen LogP contribution >= 0.6 is 23.6 Å². The Kier molecular flexibility index (Phi) is 3.45. The lowest BCUT2D eigenvalue weighted by Crippen LogP contribution is -2.19. The van der Waals surface area contributed by atoms with Crippen LogP contribution in [0.4, 0.5) is 0 Å². The highest BCUT2D eigenvalue weighted by Gasteiger charge is 2.25. The first-order valence-electron chi connectivity index (χ1n) is 5.62. The van der Waals surface area contributed by atoms with Gasteiger partial charge in [-0.1, -0.05) is 39.1 Å². The fraction of sp³-hybridized carbons (Fsp3) is 0.308. The highest BCUT2D eigenvalue weighted by Crippen LogP contribution is 2.33. The Bertz CT molecular complexity index is 568. The molecule has 0 amide bonds. The number of nitrogens with two attached hydrogens (primary N) is 1. The molecule has 0 fully saturated rings. The van der Waals surface area contributed by atoms with Crippen LogP contribution in [0.1, 0.15) is 31.3 Å². The van der Waals surface area contributed by atoms with Gasteiger partial charge in [0, 0.05) is 11.6 Å². The summed E-state index contributed by atoms with van der Waals surface area (Å²) in [4.78, 5) is 10.3. The largest absolute Gasteiger partial charge is 0.389 e. The Balaban J connectivity index is 2.57. The molecule has 5 heteroatoms. The van der Waals surface area contributed by atoms with E-state index in [1.54, 1.807) is 6.20 Å². The van der Waals surface area contributed by atoms with Gasteiger partial charge in [0.05, 0.1) is 16.3 Å².